The quantitative estimate of drug-likeness (QED) is 0.364. The van der Waals surface area contributed by atoms with Crippen molar-refractivity contribution >= 4 is 40.6 Å². The minimum Gasteiger partial charge on any atom is -0.274 e. The number of nitrogens with zero attached hydrogens (tertiary/aromatic N) is 4. The van der Waals surface area contributed by atoms with Gasteiger partial charge in [0.05, 0.1) is 21.3 Å². The number of aryl methyl sites for hydroxylation is 1. The molecule has 0 atom stereocenters. The zero-order valence-electron chi connectivity index (χ0n) is 16.7. The molecule has 0 bridgehead atoms. The number of hydrogen-bond donors (Lipinski definition) is 0. The van der Waals surface area contributed by atoms with Crippen LogP contribution in [0.25, 0.3) is 22.4 Å². The third kappa shape index (κ3) is 3.92. The molecule has 0 aliphatic heterocycles. The average molecular weight is 455 g/mol. The number of pyridine rings is 1. The van der Waals surface area contributed by atoms with E-state index in [2.05, 4.69) is 10.1 Å². The molecule has 2 aromatic heterocycles. The van der Waals surface area contributed by atoms with Crippen LogP contribution in [0.5, 0.6) is 0 Å². The molecular weight excluding hydrogens is 438 g/mol. The summed E-state index contributed by atoms with van der Waals surface area (Å²) in [6, 6.07) is 15.1. The molecule has 31 heavy (non-hydrogen) atoms. The predicted octanol–water partition coefficient (Wildman–Crippen LogP) is 6.28. The third-order valence-electron chi connectivity index (χ3n) is 4.80. The van der Waals surface area contributed by atoms with Crippen molar-refractivity contribution < 1.29 is 9.18 Å². The van der Waals surface area contributed by atoms with Crippen LogP contribution in [0.1, 0.15) is 6.92 Å². The summed E-state index contributed by atoms with van der Waals surface area (Å²) in [5.41, 5.74) is 3.14. The normalized spacial score (nSPS) is 10.9. The molecule has 0 fully saturated rings. The molecule has 2 aromatic carbocycles. The lowest BCUT2D eigenvalue weighted by atomic mass is 10.0. The Morgan fingerprint density at radius 1 is 1.00 bits per heavy atom. The maximum atomic E-state index is 13.8. The largest absolute Gasteiger partial charge is 0.274 e. The molecule has 156 valence electrons. The molecule has 8 heteroatoms. The molecule has 0 saturated carbocycles. The number of carbonyl (C=O) groups excluding carboxylic acids is 1. The monoisotopic (exact) mass is 454 g/mol. The Morgan fingerprint density at radius 3 is 2.35 bits per heavy atom. The summed E-state index contributed by atoms with van der Waals surface area (Å²) in [5, 5.41) is 5.07. The van der Waals surface area contributed by atoms with Crippen LogP contribution < -0.4 is 4.90 Å². The number of hydrogen-bond acceptors (Lipinski definition) is 3. The number of halogens is 3. The molecule has 0 aliphatic carbocycles. The Labute approximate surface area is 188 Å². The Bertz CT molecular complexity index is 1270. The fourth-order valence-electron chi connectivity index (χ4n) is 3.47. The SMILES string of the molecule is CC(=O)N(c1ccccc1Cl)c1c(-c2ccncc2)c(-c2ccc(F)c(Cl)c2)nn1C. The molecular formula is C23H17Cl2FN4O. The van der Waals surface area contributed by atoms with Crippen molar-refractivity contribution in [2.45, 2.75) is 6.92 Å². The van der Waals surface area contributed by atoms with Gasteiger partial charge >= 0.3 is 0 Å². The van der Waals surface area contributed by atoms with Crippen molar-refractivity contribution in [1.82, 2.24) is 14.8 Å². The molecule has 0 spiro atoms. The second-order valence-electron chi connectivity index (χ2n) is 6.84. The lowest BCUT2D eigenvalue weighted by molar-refractivity contribution is -0.115. The number of rotatable bonds is 4. The van der Waals surface area contributed by atoms with Gasteiger partial charge in [-0.25, -0.2) is 4.39 Å². The Balaban J connectivity index is 2.05. The molecule has 4 rings (SSSR count). The van der Waals surface area contributed by atoms with Crippen LogP contribution in [-0.2, 0) is 11.8 Å². The van der Waals surface area contributed by atoms with E-state index in [1.165, 1.54) is 24.0 Å². The summed E-state index contributed by atoms with van der Waals surface area (Å²) in [6.07, 6.45) is 3.31. The minimum absolute atomic E-state index is 0.0140. The van der Waals surface area contributed by atoms with Gasteiger partial charge in [-0.05, 0) is 48.0 Å². The van der Waals surface area contributed by atoms with Gasteiger partial charge in [0.15, 0.2) is 0 Å². The second kappa shape index (κ2) is 8.49. The van der Waals surface area contributed by atoms with E-state index in [1.807, 2.05) is 12.1 Å². The van der Waals surface area contributed by atoms with E-state index < -0.39 is 5.82 Å². The fraction of sp³-hybridized carbons (Fsp3) is 0.0870. The molecule has 0 saturated heterocycles. The van der Waals surface area contributed by atoms with Crippen LogP contribution in [-0.4, -0.2) is 20.7 Å². The predicted molar refractivity (Wildman–Crippen MR) is 121 cm³/mol. The van der Waals surface area contributed by atoms with E-state index in [0.717, 1.165) is 5.56 Å². The van der Waals surface area contributed by atoms with Gasteiger partial charge in [0.2, 0.25) is 5.91 Å². The molecule has 4 aromatic rings. The number of para-hydroxylation sites is 1. The van der Waals surface area contributed by atoms with E-state index in [9.17, 15) is 9.18 Å². The van der Waals surface area contributed by atoms with E-state index in [1.54, 1.807) is 54.5 Å². The Morgan fingerprint density at radius 2 is 1.71 bits per heavy atom. The third-order valence-corrected chi connectivity index (χ3v) is 5.41. The molecule has 0 aliphatic rings. The smallest absolute Gasteiger partial charge is 0.229 e. The number of aromatic nitrogens is 3. The van der Waals surface area contributed by atoms with Crippen molar-refractivity contribution in [1.29, 1.82) is 0 Å². The van der Waals surface area contributed by atoms with Crippen molar-refractivity contribution in [3.05, 3.63) is 82.9 Å². The standard InChI is InChI=1S/C23H17Cl2FN4O/c1-14(31)30(20-6-4-3-5-17(20)24)23-21(15-9-11-27-12-10-15)22(28-29(23)2)16-7-8-19(26)18(25)13-16/h3-13H,1-2H3. The van der Waals surface area contributed by atoms with Crippen molar-refractivity contribution in [2.75, 3.05) is 4.90 Å². The van der Waals surface area contributed by atoms with Crippen LogP contribution in [0.3, 0.4) is 0 Å². The molecule has 5 nitrogen and oxygen atoms in total. The summed E-state index contributed by atoms with van der Waals surface area (Å²) in [6.45, 7) is 1.46. The number of anilines is 2. The van der Waals surface area contributed by atoms with Gasteiger partial charge in [0.25, 0.3) is 0 Å². The maximum Gasteiger partial charge on any atom is 0.229 e. The lowest BCUT2D eigenvalue weighted by Crippen LogP contribution is -2.26. The van der Waals surface area contributed by atoms with Crippen LogP contribution in [0.4, 0.5) is 15.9 Å². The summed E-state index contributed by atoms with van der Waals surface area (Å²) in [4.78, 5) is 18.4. The topological polar surface area (TPSA) is 51.0 Å². The maximum absolute atomic E-state index is 13.8. The Hall–Kier alpha value is -3.22. The van der Waals surface area contributed by atoms with Crippen LogP contribution in [0, 0.1) is 5.82 Å². The van der Waals surface area contributed by atoms with E-state index in [4.69, 9.17) is 23.2 Å². The number of amides is 1. The van der Waals surface area contributed by atoms with E-state index >= 15 is 0 Å². The molecule has 0 radical (unpaired) electrons. The first kappa shape index (κ1) is 21.0. The highest BCUT2D eigenvalue weighted by Gasteiger charge is 2.28. The first-order valence-corrected chi connectivity index (χ1v) is 10.1. The van der Waals surface area contributed by atoms with Crippen molar-refractivity contribution in [3.63, 3.8) is 0 Å². The number of benzene rings is 2. The van der Waals surface area contributed by atoms with Gasteiger partial charge in [-0.15, -0.1) is 0 Å². The zero-order chi connectivity index (χ0) is 22.1. The molecule has 0 N–H and O–H groups in total. The molecule has 0 unspecified atom stereocenters. The lowest BCUT2D eigenvalue weighted by Gasteiger charge is -2.24. The summed E-state index contributed by atoms with van der Waals surface area (Å²) >= 11 is 12.5. The second-order valence-corrected chi connectivity index (χ2v) is 7.66. The van der Waals surface area contributed by atoms with Crippen molar-refractivity contribution in [3.8, 4) is 22.4 Å². The van der Waals surface area contributed by atoms with Gasteiger partial charge < -0.3 is 0 Å². The van der Waals surface area contributed by atoms with Crippen molar-refractivity contribution in [2.24, 2.45) is 7.05 Å². The average Bonchev–Trinajstić information content (AvgIpc) is 3.09. The highest BCUT2D eigenvalue weighted by atomic mass is 35.5. The first-order chi connectivity index (χ1) is 14.9. The minimum atomic E-state index is -0.520. The van der Waals surface area contributed by atoms with Gasteiger partial charge in [-0.3, -0.25) is 19.4 Å². The fourth-order valence-corrected chi connectivity index (χ4v) is 3.87. The molecule has 2 heterocycles. The van der Waals surface area contributed by atoms with Gasteiger partial charge in [-0.2, -0.15) is 5.10 Å². The zero-order valence-corrected chi connectivity index (χ0v) is 18.2. The summed E-state index contributed by atoms with van der Waals surface area (Å²) in [5.74, 6) is -0.245. The molecule has 1 amide bonds. The highest BCUT2D eigenvalue weighted by Crippen LogP contribution is 2.43. The van der Waals surface area contributed by atoms with Gasteiger partial charge in [-0.1, -0.05) is 35.3 Å². The summed E-state index contributed by atoms with van der Waals surface area (Å²) in [7, 11) is 1.74. The van der Waals surface area contributed by atoms with E-state index in [0.29, 0.717) is 33.3 Å². The van der Waals surface area contributed by atoms with Gasteiger partial charge in [0.1, 0.15) is 17.3 Å². The van der Waals surface area contributed by atoms with E-state index in [-0.39, 0.29) is 10.9 Å². The first-order valence-electron chi connectivity index (χ1n) is 9.36. The van der Waals surface area contributed by atoms with Gasteiger partial charge in [0, 0.05) is 31.9 Å². The van der Waals surface area contributed by atoms with Crippen LogP contribution in [0.15, 0.2) is 67.0 Å². The highest BCUT2D eigenvalue weighted by molar-refractivity contribution is 6.34. The van der Waals surface area contributed by atoms with Crippen LogP contribution in [0.2, 0.25) is 10.0 Å². The Kier molecular flexibility index (Phi) is 5.76. The summed E-state index contributed by atoms with van der Waals surface area (Å²) < 4.78 is 15.4. The van der Waals surface area contributed by atoms with Crippen LogP contribution >= 0.6 is 23.2 Å². The number of carbonyl (C=O) groups is 1.